The van der Waals surface area contributed by atoms with Crippen molar-refractivity contribution >= 4 is 11.7 Å². The van der Waals surface area contributed by atoms with Crippen molar-refractivity contribution in [3.63, 3.8) is 0 Å². The van der Waals surface area contributed by atoms with Gasteiger partial charge in [-0.05, 0) is 30.7 Å². The van der Waals surface area contributed by atoms with Crippen LogP contribution in [-0.4, -0.2) is 40.1 Å². The average Bonchev–Trinajstić information content (AvgIpc) is 2.81. The molecule has 0 saturated carbocycles. The van der Waals surface area contributed by atoms with E-state index in [1.165, 1.54) is 0 Å². The number of para-hydroxylation sites is 1. The molecule has 0 unspecified atom stereocenters. The molecule has 32 heavy (non-hydrogen) atoms. The lowest BCUT2D eigenvalue weighted by Gasteiger charge is -2.35. The minimum atomic E-state index is -0.385. The molecule has 1 amide bonds. The molecule has 0 bridgehead atoms. The fourth-order valence-corrected chi connectivity index (χ4v) is 4.79. The van der Waals surface area contributed by atoms with Gasteiger partial charge in [-0.3, -0.25) is 9.59 Å². The first kappa shape index (κ1) is 21.7. The molecule has 0 aromatic heterocycles. The van der Waals surface area contributed by atoms with Crippen molar-refractivity contribution < 1.29 is 28.5 Å². The SMILES string of the molecule is COc1ccc(OC)c([C@H]2CC(=O)C3=C(C2)NC(=O)C[C@H]3c2cccc(OC)c2OC)c1. The molecule has 4 rings (SSSR count). The van der Waals surface area contributed by atoms with Crippen molar-refractivity contribution in [3.8, 4) is 23.0 Å². The van der Waals surface area contributed by atoms with Gasteiger partial charge in [-0.2, -0.15) is 0 Å². The second-order valence-electron chi connectivity index (χ2n) is 7.92. The minimum Gasteiger partial charge on any atom is -0.497 e. The summed E-state index contributed by atoms with van der Waals surface area (Å²) in [6, 6.07) is 11.1. The Bertz CT molecular complexity index is 1090. The summed E-state index contributed by atoms with van der Waals surface area (Å²) in [5.41, 5.74) is 2.98. The molecule has 1 heterocycles. The Morgan fingerprint density at radius 1 is 0.812 bits per heavy atom. The zero-order chi connectivity index (χ0) is 22.8. The van der Waals surface area contributed by atoms with Crippen molar-refractivity contribution in [2.24, 2.45) is 0 Å². The van der Waals surface area contributed by atoms with E-state index in [1.807, 2.05) is 30.3 Å². The Morgan fingerprint density at radius 2 is 1.59 bits per heavy atom. The van der Waals surface area contributed by atoms with Crippen LogP contribution in [0.4, 0.5) is 0 Å². The highest BCUT2D eigenvalue weighted by atomic mass is 16.5. The number of hydrogen-bond donors (Lipinski definition) is 1. The number of carbonyl (C=O) groups is 2. The largest absolute Gasteiger partial charge is 0.497 e. The van der Waals surface area contributed by atoms with Crippen LogP contribution in [0.15, 0.2) is 47.7 Å². The predicted octanol–water partition coefficient (Wildman–Crippen LogP) is 3.73. The van der Waals surface area contributed by atoms with Gasteiger partial charge in [0.05, 0.1) is 28.4 Å². The van der Waals surface area contributed by atoms with E-state index in [4.69, 9.17) is 18.9 Å². The molecule has 1 N–H and O–H groups in total. The van der Waals surface area contributed by atoms with Crippen LogP contribution in [0.2, 0.25) is 0 Å². The number of rotatable bonds is 6. The zero-order valence-corrected chi connectivity index (χ0v) is 18.7. The summed E-state index contributed by atoms with van der Waals surface area (Å²) in [5, 5.41) is 2.96. The van der Waals surface area contributed by atoms with Crippen molar-refractivity contribution in [1.82, 2.24) is 5.32 Å². The number of Topliss-reactive ketones (excluding diaryl/α,β-unsaturated/α-hetero) is 1. The Labute approximate surface area is 187 Å². The first-order valence-corrected chi connectivity index (χ1v) is 10.5. The topological polar surface area (TPSA) is 83.1 Å². The van der Waals surface area contributed by atoms with Crippen LogP contribution >= 0.6 is 0 Å². The van der Waals surface area contributed by atoms with Gasteiger partial charge in [-0.25, -0.2) is 0 Å². The summed E-state index contributed by atoms with van der Waals surface area (Å²) in [6.45, 7) is 0. The van der Waals surface area contributed by atoms with E-state index in [2.05, 4.69) is 5.32 Å². The lowest BCUT2D eigenvalue weighted by atomic mass is 9.73. The van der Waals surface area contributed by atoms with E-state index in [9.17, 15) is 9.59 Å². The summed E-state index contributed by atoms with van der Waals surface area (Å²) in [5.74, 6) is 1.88. The summed E-state index contributed by atoms with van der Waals surface area (Å²) in [6.07, 6.45) is 1.03. The highest BCUT2D eigenvalue weighted by molar-refractivity contribution is 6.02. The first-order valence-electron chi connectivity index (χ1n) is 10.5. The van der Waals surface area contributed by atoms with E-state index < -0.39 is 0 Å². The number of benzene rings is 2. The van der Waals surface area contributed by atoms with Crippen molar-refractivity contribution in [3.05, 3.63) is 58.8 Å². The standard InChI is InChI=1S/C25H27NO6/c1-29-15-8-9-21(30-2)17(12-15)14-10-19-24(20(27)11-14)18(13-23(28)26-19)16-6-5-7-22(31-3)25(16)32-4/h5-9,12,14,18H,10-11,13H2,1-4H3,(H,26,28)/t14-,18+/m1/s1. The van der Waals surface area contributed by atoms with Crippen LogP contribution in [0.1, 0.15) is 42.2 Å². The molecule has 2 aromatic rings. The highest BCUT2D eigenvalue weighted by Crippen LogP contribution is 2.47. The van der Waals surface area contributed by atoms with Crippen LogP contribution in [-0.2, 0) is 9.59 Å². The number of hydrogen-bond acceptors (Lipinski definition) is 6. The quantitative estimate of drug-likeness (QED) is 0.742. The van der Waals surface area contributed by atoms with Crippen LogP contribution < -0.4 is 24.3 Å². The number of ketones is 1. The fraction of sp³-hybridized carbons (Fsp3) is 0.360. The molecule has 2 aliphatic rings. The molecule has 0 radical (unpaired) electrons. The Hall–Kier alpha value is -3.48. The molecule has 2 atom stereocenters. The summed E-state index contributed by atoms with van der Waals surface area (Å²) in [4.78, 5) is 26.1. The van der Waals surface area contributed by atoms with Crippen LogP contribution in [0.5, 0.6) is 23.0 Å². The van der Waals surface area contributed by atoms with Gasteiger partial charge in [0.15, 0.2) is 17.3 Å². The average molecular weight is 437 g/mol. The number of allylic oxidation sites excluding steroid dienone is 2. The third-order valence-electron chi connectivity index (χ3n) is 6.22. The number of nitrogens with one attached hydrogen (secondary N) is 1. The summed E-state index contributed by atoms with van der Waals surface area (Å²) in [7, 11) is 6.34. The predicted molar refractivity (Wildman–Crippen MR) is 119 cm³/mol. The molecular formula is C25H27NO6. The first-order chi connectivity index (χ1) is 15.5. The van der Waals surface area contributed by atoms with Crippen molar-refractivity contribution in [2.45, 2.75) is 31.1 Å². The van der Waals surface area contributed by atoms with Gasteiger partial charge in [-0.15, -0.1) is 0 Å². The summed E-state index contributed by atoms with van der Waals surface area (Å²) >= 11 is 0. The lowest BCUT2D eigenvalue weighted by Crippen LogP contribution is -2.38. The molecule has 168 valence electrons. The Morgan fingerprint density at radius 3 is 2.28 bits per heavy atom. The second-order valence-corrected chi connectivity index (χ2v) is 7.92. The van der Waals surface area contributed by atoms with E-state index in [-0.39, 0.29) is 29.9 Å². The normalized spacial score (nSPS) is 20.4. The molecule has 0 saturated heterocycles. The highest BCUT2D eigenvalue weighted by Gasteiger charge is 2.40. The lowest BCUT2D eigenvalue weighted by molar-refractivity contribution is -0.122. The number of methoxy groups -OCH3 is 4. The molecule has 1 aliphatic heterocycles. The zero-order valence-electron chi connectivity index (χ0n) is 18.7. The molecule has 2 aromatic carbocycles. The molecule has 1 aliphatic carbocycles. The van der Waals surface area contributed by atoms with Crippen molar-refractivity contribution in [2.75, 3.05) is 28.4 Å². The van der Waals surface area contributed by atoms with Crippen LogP contribution in [0.25, 0.3) is 0 Å². The smallest absolute Gasteiger partial charge is 0.225 e. The number of carbonyl (C=O) groups excluding carboxylic acids is 2. The van der Waals surface area contributed by atoms with Gasteiger partial charge < -0.3 is 24.3 Å². The van der Waals surface area contributed by atoms with Crippen molar-refractivity contribution in [1.29, 1.82) is 0 Å². The third kappa shape index (κ3) is 3.79. The molecule has 7 heteroatoms. The number of ether oxygens (including phenoxy) is 4. The minimum absolute atomic E-state index is 0.0102. The Kier molecular flexibility index (Phi) is 6.08. The van der Waals surface area contributed by atoms with E-state index in [1.54, 1.807) is 34.5 Å². The Balaban J connectivity index is 1.77. The number of amides is 1. The maximum absolute atomic E-state index is 13.5. The van der Waals surface area contributed by atoms with E-state index in [0.29, 0.717) is 47.1 Å². The van der Waals surface area contributed by atoms with Gasteiger partial charge in [0.1, 0.15) is 11.5 Å². The summed E-state index contributed by atoms with van der Waals surface area (Å²) < 4.78 is 21.9. The van der Waals surface area contributed by atoms with Gasteiger partial charge >= 0.3 is 0 Å². The molecule has 7 nitrogen and oxygen atoms in total. The monoisotopic (exact) mass is 437 g/mol. The van der Waals surface area contributed by atoms with E-state index >= 15 is 0 Å². The second kappa shape index (κ2) is 8.94. The molecular weight excluding hydrogens is 410 g/mol. The fourth-order valence-electron chi connectivity index (χ4n) is 4.79. The van der Waals surface area contributed by atoms with Crippen LogP contribution in [0.3, 0.4) is 0 Å². The van der Waals surface area contributed by atoms with E-state index in [0.717, 1.165) is 11.1 Å². The maximum Gasteiger partial charge on any atom is 0.225 e. The van der Waals surface area contributed by atoms with Gasteiger partial charge in [0.25, 0.3) is 0 Å². The third-order valence-corrected chi connectivity index (χ3v) is 6.22. The van der Waals surface area contributed by atoms with Crippen LogP contribution in [0, 0.1) is 0 Å². The van der Waals surface area contributed by atoms with Gasteiger partial charge in [-0.1, -0.05) is 12.1 Å². The maximum atomic E-state index is 13.5. The molecule has 0 fully saturated rings. The van der Waals surface area contributed by atoms with Gasteiger partial charge in [0.2, 0.25) is 5.91 Å². The van der Waals surface area contributed by atoms with Gasteiger partial charge in [0, 0.05) is 47.1 Å². The molecule has 0 spiro atoms.